The van der Waals surface area contributed by atoms with Crippen LogP contribution in [0.5, 0.6) is 0 Å². The molecular formula is C10H12O. The number of hydrogen-bond donors (Lipinski definition) is 0. The first-order valence-corrected chi connectivity index (χ1v) is 4.19. The van der Waals surface area contributed by atoms with Crippen LogP contribution in [0.2, 0.25) is 0 Å². The zero-order chi connectivity index (χ0) is 7.73. The average molecular weight is 148 g/mol. The van der Waals surface area contributed by atoms with Crippen molar-refractivity contribution in [3.05, 3.63) is 12.2 Å². The van der Waals surface area contributed by atoms with Gasteiger partial charge in [-0.2, -0.15) is 0 Å². The third kappa shape index (κ3) is 1.08. The highest BCUT2D eigenvalue weighted by Crippen LogP contribution is 2.48. The molecule has 0 amide bonds. The summed E-state index contributed by atoms with van der Waals surface area (Å²) in [7, 11) is 0. The lowest BCUT2D eigenvalue weighted by atomic mass is 9.89. The minimum atomic E-state index is 0.0740. The summed E-state index contributed by atoms with van der Waals surface area (Å²) in [6.45, 7) is 0. The van der Waals surface area contributed by atoms with Crippen LogP contribution in [0.25, 0.3) is 0 Å². The molecule has 0 spiro atoms. The number of hydrogen-bond acceptors (Lipinski definition) is 1. The molecule has 1 aliphatic carbocycles. The van der Waals surface area contributed by atoms with Crippen LogP contribution < -0.4 is 0 Å². The topological polar surface area (TPSA) is 12.5 Å². The molecule has 58 valence electrons. The summed E-state index contributed by atoms with van der Waals surface area (Å²) in [4.78, 5) is 0. The normalized spacial score (nSPS) is 41.5. The van der Waals surface area contributed by atoms with Gasteiger partial charge >= 0.3 is 0 Å². The summed E-state index contributed by atoms with van der Waals surface area (Å²) in [5.41, 5.74) is 0.0740. The third-order valence-electron chi connectivity index (χ3n) is 2.59. The average Bonchev–Trinajstić information content (AvgIpc) is 2.75. The Bertz CT molecular complexity index is 224. The van der Waals surface area contributed by atoms with E-state index in [9.17, 15) is 0 Å². The summed E-state index contributed by atoms with van der Waals surface area (Å²) in [6.07, 6.45) is 14.4. The Morgan fingerprint density at radius 1 is 1.55 bits per heavy atom. The lowest BCUT2D eigenvalue weighted by Crippen LogP contribution is -2.15. The van der Waals surface area contributed by atoms with Crippen LogP contribution in [-0.4, -0.2) is 11.7 Å². The molecule has 1 saturated heterocycles. The molecule has 0 aromatic carbocycles. The van der Waals surface area contributed by atoms with Gasteiger partial charge < -0.3 is 4.74 Å². The molecule has 0 radical (unpaired) electrons. The zero-order valence-corrected chi connectivity index (χ0v) is 6.55. The number of rotatable bonds is 1. The molecule has 1 nitrogen and oxygen atoms in total. The summed E-state index contributed by atoms with van der Waals surface area (Å²) in [5.74, 6) is 2.51. The number of fused-ring (bicyclic) bond motifs is 1. The van der Waals surface area contributed by atoms with Crippen molar-refractivity contribution in [2.75, 3.05) is 0 Å². The minimum absolute atomic E-state index is 0.0740. The summed E-state index contributed by atoms with van der Waals surface area (Å²) in [6, 6.07) is 0. The highest BCUT2D eigenvalue weighted by atomic mass is 16.6. The van der Waals surface area contributed by atoms with Gasteiger partial charge in [-0.05, 0) is 25.0 Å². The maximum atomic E-state index is 5.59. The highest BCUT2D eigenvalue weighted by Gasteiger charge is 2.54. The van der Waals surface area contributed by atoms with Crippen molar-refractivity contribution in [1.29, 1.82) is 0 Å². The van der Waals surface area contributed by atoms with Crippen molar-refractivity contribution in [2.24, 2.45) is 0 Å². The molecule has 1 heteroatoms. The monoisotopic (exact) mass is 148 g/mol. The molecule has 2 rings (SSSR count). The smallest absolute Gasteiger partial charge is 0.114 e. The van der Waals surface area contributed by atoms with Crippen molar-refractivity contribution >= 4 is 0 Å². The molecule has 0 aromatic heterocycles. The van der Waals surface area contributed by atoms with Gasteiger partial charge in [0.2, 0.25) is 0 Å². The first kappa shape index (κ1) is 6.94. The van der Waals surface area contributed by atoms with Gasteiger partial charge in [0.25, 0.3) is 0 Å². The molecule has 2 atom stereocenters. The van der Waals surface area contributed by atoms with E-state index in [0.717, 1.165) is 6.42 Å². The second-order valence-corrected chi connectivity index (χ2v) is 3.31. The predicted molar refractivity (Wildman–Crippen MR) is 44.0 cm³/mol. The quantitative estimate of drug-likeness (QED) is 0.408. The molecule has 2 aliphatic rings. The molecule has 2 unspecified atom stereocenters. The van der Waals surface area contributed by atoms with Crippen molar-refractivity contribution in [3.63, 3.8) is 0 Å². The van der Waals surface area contributed by atoms with Gasteiger partial charge in [0.05, 0.1) is 6.10 Å². The van der Waals surface area contributed by atoms with Gasteiger partial charge in [-0.3, -0.25) is 0 Å². The van der Waals surface area contributed by atoms with E-state index in [-0.39, 0.29) is 5.60 Å². The largest absolute Gasteiger partial charge is 0.362 e. The van der Waals surface area contributed by atoms with E-state index in [1.807, 2.05) is 0 Å². The van der Waals surface area contributed by atoms with E-state index in [2.05, 4.69) is 12.0 Å². The Hall–Kier alpha value is -0.740. The van der Waals surface area contributed by atoms with E-state index in [0.29, 0.717) is 6.10 Å². The van der Waals surface area contributed by atoms with Crippen LogP contribution >= 0.6 is 0 Å². The second-order valence-electron chi connectivity index (χ2n) is 3.31. The highest BCUT2D eigenvalue weighted by molar-refractivity contribution is 5.23. The van der Waals surface area contributed by atoms with E-state index in [1.54, 1.807) is 6.08 Å². The maximum Gasteiger partial charge on any atom is 0.114 e. The number of ether oxygens (including phenoxy) is 1. The maximum absolute atomic E-state index is 5.59. The Morgan fingerprint density at radius 2 is 2.45 bits per heavy atom. The standard InChI is InChI=1S/C10H12O/c1-2-3-7-10-8-5-4-6-9(10)11-10/h1,3,7,9H,4-6,8H2. The molecular weight excluding hydrogens is 136 g/mol. The first-order valence-electron chi connectivity index (χ1n) is 4.19. The van der Waals surface area contributed by atoms with Crippen LogP contribution in [-0.2, 0) is 4.74 Å². The summed E-state index contributed by atoms with van der Waals surface area (Å²) < 4.78 is 5.59. The van der Waals surface area contributed by atoms with Gasteiger partial charge in [-0.15, -0.1) is 6.42 Å². The van der Waals surface area contributed by atoms with Crippen LogP contribution in [0.1, 0.15) is 25.7 Å². The molecule has 2 fully saturated rings. The van der Waals surface area contributed by atoms with Gasteiger partial charge in [0.1, 0.15) is 5.60 Å². The van der Waals surface area contributed by atoms with Gasteiger partial charge in [-0.25, -0.2) is 0 Å². The molecule has 0 bridgehead atoms. The molecule has 1 saturated carbocycles. The second kappa shape index (κ2) is 2.39. The van der Waals surface area contributed by atoms with E-state index < -0.39 is 0 Å². The number of allylic oxidation sites excluding steroid dienone is 1. The third-order valence-corrected chi connectivity index (χ3v) is 2.59. The molecule has 11 heavy (non-hydrogen) atoms. The fraction of sp³-hybridized carbons (Fsp3) is 0.600. The first-order chi connectivity index (χ1) is 5.37. The Kier molecular flexibility index (Phi) is 1.51. The fourth-order valence-electron chi connectivity index (χ4n) is 1.90. The van der Waals surface area contributed by atoms with Crippen LogP contribution in [0, 0.1) is 12.3 Å². The molecule has 0 aromatic rings. The summed E-state index contributed by atoms with van der Waals surface area (Å²) in [5, 5.41) is 0. The molecule has 0 N–H and O–H groups in total. The Morgan fingerprint density at radius 3 is 3.18 bits per heavy atom. The van der Waals surface area contributed by atoms with Crippen LogP contribution in [0.15, 0.2) is 12.2 Å². The van der Waals surface area contributed by atoms with Crippen molar-refractivity contribution < 1.29 is 4.74 Å². The van der Waals surface area contributed by atoms with Crippen molar-refractivity contribution in [2.45, 2.75) is 37.4 Å². The van der Waals surface area contributed by atoms with E-state index in [4.69, 9.17) is 11.2 Å². The zero-order valence-electron chi connectivity index (χ0n) is 6.55. The van der Waals surface area contributed by atoms with Gasteiger partial charge in [0, 0.05) is 0 Å². The lowest BCUT2D eigenvalue weighted by Gasteiger charge is -2.11. The Labute approximate surface area is 67.4 Å². The van der Waals surface area contributed by atoms with E-state index in [1.165, 1.54) is 19.3 Å². The van der Waals surface area contributed by atoms with Gasteiger partial charge in [0.15, 0.2) is 0 Å². The molecule has 1 heterocycles. The predicted octanol–water partition coefficient (Wildman–Crippen LogP) is 1.89. The lowest BCUT2D eigenvalue weighted by molar-refractivity contribution is 0.329. The van der Waals surface area contributed by atoms with Crippen LogP contribution in [0.4, 0.5) is 0 Å². The van der Waals surface area contributed by atoms with Gasteiger partial charge in [-0.1, -0.05) is 18.8 Å². The number of epoxide rings is 1. The SMILES string of the molecule is C#CC=CC12CCCCC1O2. The minimum Gasteiger partial charge on any atom is -0.362 e. The Balaban J connectivity index is 2.03. The summed E-state index contributed by atoms with van der Waals surface area (Å²) >= 11 is 0. The molecule has 1 aliphatic heterocycles. The van der Waals surface area contributed by atoms with E-state index >= 15 is 0 Å². The van der Waals surface area contributed by atoms with Crippen LogP contribution in [0.3, 0.4) is 0 Å². The fourth-order valence-corrected chi connectivity index (χ4v) is 1.90. The number of terminal acetylenes is 1. The van der Waals surface area contributed by atoms with Crippen molar-refractivity contribution in [3.8, 4) is 12.3 Å². The van der Waals surface area contributed by atoms with Crippen molar-refractivity contribution in [1.82, 2.24) is 0 Å².